The van der Waals surface area contributed by atoms with Crippen LogP contribution in [0.5, 0.6) is 5.75 Å². The molecule has 0 saturated heterocycles. The van der Waals surface area contributed by atoms with Gasteiger partial charge in [-0.2, -0.15) is 0 Å². The highest BCUT2D eigenvalue weighted by atomic mass is 16.5. The lowest BCUT2D eigenvalue weighted by Gasteiger charge is -2.38. The average molecular weight is 290 g/mol. The molecule has 2 N–H and O–H groups in total. The monoisotopic (exact) mass is 290 g/mol. The van der Waals surface area contributed by atoms with Crippen LogP contribution in [-0.4, -0.2) is 31.1 Å². The van der Waals surface area contributed by atoms with Crippen LogP contribution in [0.3, 0.4) is 0 Å². The first kappa shape index (κ1) is 15.8. The van der Waals surface area contributed by atoms with Gasteiger partial charge in [-0.05, 0) is 57.2 Å². The summed E-state index contributed by atoms with van der Waals surface area (Å²) in [6.45, 7) is 5.89. The minimum atomic E-state index is -0.130. The van der Waals surface area contributed by atoms with Gasteiger partial charge in [0.25, 0.3) is 0 Å². The van der Waals surface area contributed by atoms with E-state index >= 15 is 0 Å². The second-order valence-corrected chi connectivity index (χ2v) is 6.19. The molecular formula is C17H26N2O2. The van der Waals surface area contributed by atoms with Gasteiger partial charge in [0.05, 0.1) is 13.2 Å². The lowest BCUT2D eigenvalue weighted by Crippen LogP contribution is -2.51. The maximum atomic E-state index is 11.9. The normalized spacial score (nSPS) is 22.5. The number of carbonyl (C=O) groups is 1. The van der Waals surface area contributed by atoms with Crippen molar-refractivity contribution in [3.63, 3.8) is 0 Å². The van der Waals surface area contributed by atoms with Crippen molar-refractivity contribution >= 4 is 5.91 Å². The Morgan fingerprint density at radius 3 is 2.33 bits per heavy atom. The van der Waals surface area contributed by atoms with E-state index in [0.29, 0.717) is 12.0 Å². The van der Waals surface area contributed by atoms with Gasteiger partial charge in [-0.15, -0.1) is 0 Å². The van der Waals surface area contributed by atoms with E-state index in [2.05, 4.69) is 22.8 Å². The summed E-state index contributed by atoms with van der Waals surface area (Å²) in [5.74, 6) is 1.57. The van der Waals surface area contributed by atoms with E-state index in [4.69, 9.17) is 4.74 Å². The zero-order valence-electron chi connectivity index (χ0n) is 13.3. The Bertz CT molecular complexity index is 464. The molecule has 0 spiro atoms. The Kier molecular flexibility index (Phi) is 5.23. The first-order valence-corrected chi connectivity index (χ1v) is 7.70. The van der Waals surface area contributed by atoms with E-state index in [-0.39, 0.29) is 18.0 Å². The fourth-order valence-corrected chi connectivity index (χ4v) is 2.74. The number of carbonyl (C=O) groups excluding carboxylic acids is 1. The van der Waals surface area contributed by atoms with Crippen LogP contribution in [0.25, 0.3) is 0 Å². The Morgan fingerprint density at radius 2 is 1.81 bits per heavy atom. The summed E-state index contributed by atoms with van der Waals surface area (Å²) in [7, 11) is 1.68. The van der Waals surface area contributed by atoms with Crippen LogP contribution in [0.1, 0.15) is 45.1 Å². The molecule has 1 aromatic rings. The molecule has 0 bridgehead atoms. The number of benzene rings is 1. The summed E-state index contributed by atoms with van der Waals surface area (Å²) in [5.41, 5.74) is 1.35. The Morgan fingerprint density at radius 1 is 1.19 bits per heavy atom. The van der Waals surface area contributed by atoms with Gasteiger partial charge in [-0.3, -0.25) is 4.79 Å². The number of rotatable bonds is 6. The van der Waals surface area contributed by atoms with E-state index in [1.165, 1.54) is 5.56 Å². The van der Waals surface area contributed by atoms with E-state index in [9.17, 15) is 4.79 Å². The van der Waals surface area contributed by atoms with Crippen molar-refractivity contribution in [1.82, 2.24) is 10.6 Å². The molecule has 0 heterocycles. The Hall–Kier alpha value is -1.55. The van der Waals surface area contributed by atoms with Crippen LogP contribution in [0.2, 0.25) is 0 Å². The third-order valence-corrected chi connectivity index (χ3v) is 4.04. The summed E-state index contributed by atoms with van der Waals surface area (Å²) < 4.78 is 5.18. The zero-order chi connectivity index (χ0) is 15.4. The number of amides is 1. The third-order valence-electron chi connectivity index (χ3n) is 4.04. The van der Waals surface area contributed by atoms with Crippen molar-refractivity contribution in [1.29, 1.82) is 0 Å². The number of hydrogen-bond donors (Lipinski definition) is 2. The molecule has 1 aromatic carbocycles. The maximum absolute atomic E-state index is 11.9. The molecule has 1 unspecified atom stereocenters. The highest BCUT2D eigenvalue weighted by molar-refractivity contribution is 5.81. The predicted molar refractivity (Wildman–Crippen MR) is 84.6 cm³/mol. The van der Waals surface area contributed by atoms with Gasteiger partial charge < -0.3 is 15.4 Å². The standard InChI is InChI=1S/C17H26N2O2/c1-11(2)18-17(20)12(3)19-15-9-14(10-15)13-5-7-16(21-4)8-6-13/h5-8,11-12,14-15,19H,9-10H2,1-4H3,(H,18,20). The molecule has 1 saturated carbocycles. The Labute approximate surface area is 127 Å². The molecule has 1 aliphatic carbocycles. The maximum Gasteiger partial charge on any atom is 0.237 e. The molecule has 1 fully saturated rings. The van der Waals surface area contributed by atoms with Crippen molar-refractivity contribution in [3.8, 4) is 5.75 Å². The lowest BCUT2D eigenvalue weighted by molar-refractivity contribution is -0.123. The summed E-state index contributed by atoms with van der Waals surface area (Å²) in [4.78, 5) is 11.9. The lowest BCUT2D eigenvalue weighted by atomic mass is 9.75. The topological polar surface area (TPSA) is 50.4 Å². The summed E-state index contributed by atoms with van der Waals surface area (Å²) >= 11 is 0. The SMILES string of the molecule is COc1ccc(C2CC(NC(C)C(=O)NC(C)C)C2)cc1. The fourth-order valence-electron chi connectivity index (χ4n) is 2.74. The van der Waals surface area contributed by atoms with Gasteiger partial charge in [0.1, 0.15) is 5.75 Å². The predicted octanol–water partition coefficient (Wildman–Crippen LogP) is 2.44. The minimum absolute atomic E-state index is 0.0814. The van der Waals surface area contributed by atoms with E-state index in [1.54, 1.807) is 7.11 Å². The highest BCUT2D eigenvalue weighted by Gasteiger charge is 2.32. The van der Waals surface area contributed by atoms with Crippen molar-refractivity contribution in [2.45, 2.75) is 57.7 Å². The number of methoxy groups -OCH3 is 1. The molecule has 0 radical (unpaired) electrons. The quantitative estimate of drug-likeness (QED) is 0.846. The Balaban J connectivity index is 1.77. The van der Waals surface area contributed by atoms with Crippen LogP contribution in [-0.2, 0) is 4.79 Å². The van der Waals surface area contributed by atoms with Crippen molar-refractivity contribution in [2.24, 2.45) is 0 Å². The summed E-state index contributed by atoms with van der Waals surface area (Å²) in [6.07, 6.45) is 2.18. The van der Waals surface area contributed by atoms with Crippen LogP contribution in [0, 0.1) is 0 Å². The average Bonchev–Trinajstić information content (AvgIpc) is 2.41. The second-order valence-electron chi connectivity index (χ2n) is 6.19. The van der Waals surface area contributed by atoms with Gasteiger partial charge in [0.15, 0.2) is 0 Å². The minimum Gasteiger partial charge on any atom is -0.497 e. The molecule has 4 heteroatoms. The largest absolute Gasteiger partial charge is 0.497 e. The molecule has 0 aromatic heterocycles. The second kappa shape index (κ2) is 6.94. The molecule has 1 amide bonds. The van der Waals surface area contributed by atoms with E-state index < -0.39 is 0 Å². The van der Waals surface area contributed by atoms with Gasteiger partial charge in [0, 0.05) is 12.1 Å². The van der Waals surface area contributed by atoms with E-state index in [0.717, 1.165) is 18.6 Å². The molecular weight excluding hydrogens is 264 g/mol. The zero-order valence-corrected chi connectivity index (χ0v) is 13.3. The molecule has 21 heavy (non-hydrogen) atoms. The molecule has 2 rings (SSSR count). The first-order chi connectivity index (χ1) is 9.99. The molecule has 0 aliphatic heterocycles. The van der Waals surface area contributed by atoms with Crippen LogP contribution in [0.4, 0.5) is 0 Å². The van der Waals surface area contributed by atoms with Gasteiger partial charge in [-0.25, -0.2) is 0 Å². The molecule has 116 valence electrons. The summed E-state index contributed by atoms with van der Waals surface area (Å²) in [6, 6.07) is 8.78. The van der Waals surface area contributed by atoms with Crippen molar-refractivity contribution < 1.29 is 9.53 Å². The van der Waals surface area contributed by atoms with Gasteiger partial charge >= 0.3 is 0 Å². The highest BCUT2D eigenvalue weighted by Crippen LogP contribution is 2.37. The first-order valence-electron chi connectivity index (χ1n) is 7.70. The summed E-state index contributed by atoms with van der Waals surface area (Å²) in [5, 5.41) is 6.34. The van der Waals surface area contributed by atoms with Gasteiger partial charge in [0.2, 0.25) is 5.91 Å². The van der Waals surface area contributed by atoms with Crippen LogP contribution >= 0.6 is 0 Å². The van der Waals surface area contributed by atoms with Crippen LogP contribution < -0.4 is 15.4 Å². The fraction of sp³-hybridized carbons (Fsp3) is 0.588. The number of nitrogens with one attached hydrogen (secondary N) is 2. The molecule has 1 aliphatic rings. The van der Waals surface area contributed by atoms with Crippen LogP contribution in [0.15, 0.2) is 24.3 Å². The molecule has 4 nitrogen and oxygen atoms in total. The van der Waals surface area contributed by atoms with Gasteiger partial charge in [-0.1, -0.05) is 12.1 Å². The molecule has 1 atom stereocenters. The number of hydrogen-bond acceptors (Lipinski definition) is 3. The third kappa shape index (κ3) is 4.21. The van der Waals surface area contributed by atoms with Crippen molar-refractivity contribution in [2.75, 3.05) is 7.11 Å². The van der Waals surface area contributed by atoms with E-state index in [1.807, 2.05) is 32.9 Å². The number of ether oxygens (including phenoxy) is 1. The smallest absolute Gasteiger partial charge is 0.237 e. The van der Waals surface area contributed by atoms with Crippen molar-refractivity contribution in [3.05, 3.63) is 29.8 Å².